The second kappa shape index (κ2) is 7.73. The zero-order chi connectivity index (χ0) is 17.8. The number of nitrogens with one attached hydrogen (secondary N) is 2. The van der Waals surface area contributed by atoms with Crippen LogP contribution in [-0.4, -0.2) is 16.5 Å². The maximum absolute atomic E-state index is 6.53. The molecule has 0 aliphatic carbocycles. The van der Waals surface area contributed by atoms with E-state index in [0.29, 0.717) is 0 Å². The Kier molecular flexibility index (Phi) is 5.00. The van der Waals surface area contributed by atoms with Crippen LogP contribution in [0.25, 0.3) is 10.9 Å². The van der Waals surface area contributed by atoms with Gasteiger partial charge in [0.25, 0.3) is 0 Å². The lowest BCUT2D eigenvalue weighted by Gasteiger charge is -2.19. The summed E-state index contributed by atoms with van der Waals surface area (Å²) in [7, 11) is 0. The van der Waals surface area contributed by atoms with Gasteiger partial charge in [-0.05, 0) is 35.4 Å². The summed E-state index contributed by atoms with van der Waals surface area (Å²) in [5.41, 5.74) is 4.56. The van der Waals surface area contributed by atoms with Gasteiger partial charge in [0.2, 0.25) is 0 Å². The van der Waals surface area contributed by atoms with Crippen LogP contribution in [0.15, 0.2) is 79.1 Å². The van der Waals surface area contributed by atoms with Crippen LogP contribution in [0.2, 0.25) is 5.02 Å². The minimum atomic E-state index is 0.156. The Balaban J connectivity index is 1.65. The molecule has 0 amide bonds. The van der Waals surface area contributed by atoms with E-state index in [1.165, 1.54) is 10.9 Å². The van der Waals surface area contributed by atoms with Gasteiger partial charge in [-0.2, -0.15) is 0 Å². The molecule has 4 rings (SSSR count). The minimum Gasteiger partial charge on any atom is -0.361 e. The van der Waals surface area contributed by atoms with E-state index in [1.54, 1.807) is 0 Å². The van der Waals surface area contributed by atoms with Crippen molar-refractivity contribution in [1.82, 2.24) is 15.3 Å². The molecule has 0 aliphatic heterocycles. The fourth-order valence-corrected chi connectivity index (χ4v) is 3.64. The van der Waals surface area contributed by atoms with E-state index in [1.807, 2.05) is 48.7 Å². The molecule has 0 spiro atoms. The van der Waals surface area contributed by atoms with Gasteiger partial charge in [-0.15, -0.1) is 0 Å². The first-order valence-electron chi connectivity index (χ1n) is 8.74. The van der Waals surface area contributed by atoms with Crippen molar-refractivity contribution in [1.29, 1.82) is 0 Å². The maximum Gasteiger partial charge on any atom is 0.0541 e. The molecule has 1 atom stereocenters. The number of para-hydroxylation sites is 1. The quantitative estimate of drug-likeness (QED) is 0.499. The summed E-state index contributed by atoms with van der Waals surface area (Å²) in [4.78, 5) is 7.77. The number of nitrogens with zero attached hydrogens (tertiary/aromatic N) is 1. The first-order valence-corrected chi connectivity index (χ1v) is 9.12. The Morgan fingerprint density at radius 1 is 0.923 bits per heavy atom. The molecule has 3 nitrogen and oxygen atoms in total. The molecule has 26 heavy (non-hydrogen) atoms. The van der Waals surface area contributed by atoms with E-state index < -0.39 is 0 Å². The number of aromatic amines is 1. The van der Waals surface area contributed by atoms with Crippen LogP contribution in [0.4, 0.5) is 0 Å². The summed E-state index contributed by atoms with van der Waals surface area (Å²) in [6.45, 7) is 1.51. The number of hydrogen-bond donors (Lipinski definition) is 2. The van der Waals surface area contributed by atoms with Crippen LogP contribution in [0.1, 0.15) is 22.7 Å². The number of hydrogen-bond acceptors (Lipinski definition) is 2. The average molecular weight is 362 g/mol. The van der Waals surface area contributed by atoms with E-state index in [-0.39, 0.29) is 5.92 Å². The molecule has 0 unspecified atom stereocenters. The first kappa shape index (κ1) is 16.8. The highest BCUT2D eigenvalue weighted by molar-refractivity contribution is 6.31. The Bertz CT molecular complexity index is 994. The molecular formula is C22H20ClN3. The van der Waals surface area contributed by atoms with Crippen LogP contribution >= 0.6 is 11.6 Å². The zero-order valence-electron chi connectivity index (χ0n) is 14.3. The lowest BCUT2D eigenvalue weighted by Crippen LogP contribution is -2.22. The highest BCUT2D eigenvalue weighted by Crippen LogP contribution is 2.34. The predicted molar refractivity (Wildman–Crippen MR) is 108 cm³/mol. The van der Waals surface area contributed by atoms with Gasteiger partial charge in [-0.1, -0.05) is 54.1 Å². The molecule has 0 fully saturated rings. The number of pyridine rings is 1. The van der Waals surface area contributed by atoms with Crippen molar-refractivity contribution in [3.8, 4) is 0 Å². The third-order valence-electron chi connectivity index (χ3n) is 4.66. The molecule has 2 N–H and O–H groups in total. The molecule has 2 heterocycles. The predicted octanol–water partition coefficient (Wildman–Crippen LogP) is 5.14. The van der Waals surface area contributed by atoms with Crippen LogP contribution in [-0.2, 0) is 6.54 Å². The van der Waals surface area contributed by atoms with Crippen LogP contribution in [0, 0.1) is 0 Å². The molecule has 4 aromatic rings. The first-order chi connectivity index (χ1) is 12.8. The molecule has 4 heteroatoms. The van der Waals surface area contributed by atoms with Gasteiger partial charge in [0.15, 0.2) is 0 Å². The fraction of sp³-hybridized carbons (Fsp3) is 0.136. The van der Waals surface area contributed by atoms with Crippen LogP contribution in [0.5, 0.6) is 0 Å². The van der Waals surface area contributed by atoms with Gasteiger partial charge >= 0.3 is 0 Å². The van der Waals surface area contributed by atoms with Crippen LogP contribution in [0.3, 0.4) is 0 Å². The van der Waals surface area contributed by atoms with Gasteiger partial charge < -0.3 is 10.3 Å². The van der Waals surface area contributed by atoms with Crippen molar-refractivity contribution < 1.29 is 0 Å². The van der Waals surface area contributed by atoms with Gasteiger partial charge in [0.05, 0.1) is 5.69 Å². The molecular weight excluding hydrogens is 342 g/mol. The lowest BCUT2D eigenvalue weighted by molar-refractivity contribution is 0.630. The van der Waals surface area contributed by atoms with Crippen molar-refractivity contribution in [2.75, 3.05) is 6.54 Å². The normalized spacial score (nSPS) is 12.3. The Hall–Kier alpha value is -2.62. The number of benzene rings is 2. The van der Waals surface area contributed by atoms with E-state index in [9.17, 15) is 0 Å². The third-order valence-corrected chi connectivity index (χ3v) is 5.00. The topological polar surface area (TPSA) is 40.7 Å². The standard InChI is InChI=1S/C22H20ClN3/c23-21-10-3-1-8-17(21)19(14-24-13-16-7-5-6-12-25-16)20-15-26-22-11-4-2-9-18(20)22/h1-12,15,19,24,26H,13-14H2/t19-/m0/s1. The third kappa shape index (κ3) is 3.50. The highest BCUT2D eigenvalue weighted by atomic mass is 35.5. The number of rotatable bonds is 6. The summed E-state index contributed by atoms with van der Waals surface area (Å²) in [5.74, 6) is 0.156. The van der Waals surface area contributed by atoms with Crippen molar-refractivity contribution in [2.24, 2.45) is 0 Å². The molecule has 0 radical (unpaired) electrons. The Morgan fingerprint density at radius 3 is 2.58 bits per heavy atom. The number of H-pyrrole nitrogens is 1. The fourth-order valence-electron chi connectivity index (χ4n) is 3.37. The monoisotopic (exact) mass is 361 g/mol. The van der Waals surface area contributed by atoms with E-state index in [2.05, 4.69) is 45.7 Å². The largest absolute Gasteiger partial charge is 0.361 e. The molecule has 130 valence electrons. The highest BCUT2D eigenvalue weighted by Gasteiger charge is 2.20. The van der Waals surface area contributed by atoms with E-state index >= 15 is 0 Å². The maximum atomic E-state index is 6.53. The number of aromatic nitrogens is 2. The van der Waals surface area contributed by atoms with Crippen LogP contribution < -0.4 is 5.32 Å². The Labute approximate surface area is 158 Å². The molecule has 0 saturated carbocycles. The summed E-state index contributed by atoms with van der Waals surface area (Å²) >= 11 is 6.53. The second-order valence-electron chi connectivity index (χ2n) is 6.32. The molecule has 2 aromatic carbocycles. The molecule has 0 bridgehead atoms. The van der Waals surface area contributed by atoms with E-state index in [0.717, 1.165) is 34.9 Å². The summed E-state index contributed by atoms with van der Waals surface area (Å²) in [6, 6.07) is 22.4. The molecule has 2 aromatic heterocycles. The van der Waals surface area contributed by atoms with Crippen molar-refractivity contribution in [2.45, 2.75) is 12.5 Å². The molecule has 0 saturated heterocycles. The summed E-state index contributed by atoms with van der Waals surface area (Å²) in [5, 5.41) is 5.57. The molecule has 0 aliphatic rings. The average Bonchev–Trinajstić information content (AvgIpc) is 3.11. The van der Waals surface area contributed by atoms with E-state index in [4.69, 9.17) is 11.6 Å². The number of fused-ring (bicyclic) bond motifs is 1. The lowest BCUT2D eigenvalue weighted by atomic mass is 9.90. The summed E-state index contributed by atoms with van der Waals surface area (Å²) < 4.78 is 0. The van der Waals surface area contributed by atoms with Gasteiger partial charge in [0.1, 0.15) is 0 Å². The smallest absolute Gasteiger partial charge is 0.0541 e. The van der Waals surface area contributed by atoms with Crippen molar-refractivity contribution >= 4 is 22.5 Å². The van der Waals surface area contributed by atoms with Crippen molar-refractivity contribution in [3.05, 3.63) is 101 Å². The Morgan fingerprint density at radius 2 is 1.73 bits per heavy atom. The minimum absolute atomic E-state index is 0.156. The second-order valence-corrected chi connectivity index (χ2v) is 6.72. The summed E-state index contributed by atoms with van der Waals surface area (Å²) in [6.07, 6.45) is 3.92. The van der Waals surface area contributed by atoms with Gasteiger partial charge in [-0.25, -0.2) is 0 Å². The van der Waals surface area contributed by atoms with Crippen molar-refractivity contribution in [3.63, 3.8) is 0 Å². The SMILES string of the molecule is Clc1ccccc1[C@H](CNCc1ccccn1)c1c[nH]c2ccccc12. The number of halogens is 1. The van der Waals surface area contributed by atoms with Gasteiger partial charge in [0, 0.05) is 47.3 Å². The zero-order valence-corrected chi connectivity index (χ0v) is 15.1. The van der Waals surface area contributed by atoms with Gasteiger partial charge in [-0.3, -0.25) is 4.98 Å².